The van der Waals surface area contributed by atoms with Crippen LogP contribution < -0.4 is 5.32 Å². The number of carbonyl (C=O) groups excluding carboxylic acids is 2. The first kappa shape index (κ1) is 16.8. The van der Waals surface area contributed by atoms with Crippen molar-refractivity contribution >= 4 is 40.7 Å². The van der Waals surface area contributed by atoms with Gasteiger partial charge in [0.15, 0.2) is 0 Å². The summed E-state index contributed by atoms with van der Waals surface area (Å²) in [5.41, 5.74) is 1.99. The highest BCUT2D eigenvalue weighted by Gasteiger charge is 2.20. The van der Waals surface area contributed by atoms with E-state index < -0.39 is 0 Å². The van der Waals surface area contributed by atoms with Crippen LogP contribution in [0, 0.1) is 0 Å². The summed E-state index contributed by atoms with van der Waals surface area (Å²) in [5, 5.41) is 3.45. The third-order valence-electron chi connectivity index (χ3n) is 3.96. The number of nitrogens with one attached hydrogen (secondary N) is 1. The number of benzene rings is 2. The standard InChI is InChI=1S/C18H16Cl2N2O2/c19-14-3-1-4-15(17(14)20)21-18(24)13-8-6-12(7-9-13)11-22-10-2-5-16(22)23/h1,3-4,6-9H,2,5,10-11H2,(H,21,24). The van der Waals surface area contributed by atoms with Gasteiger partial charge in [-0.2, -0.15) is 0 Å². The molecule has 0 aromatic heterocycles. The predicted molar refractivity (Wildman–Crippen MR) is 95.5 cm³/mol. The number of amides is 2. The second-order valence-electron chi connectivity index (χ2n) is 5.67. The molecule has 3 rings (SSSR count). The Morgan fingerprint density at radius 2 is 1.88 bits per heavy atom. The monoisotopic (exact) mass is 362 g/mol. The Labute approximate surface area is 150 Å². The first-order valence-corrected chi connectivity index (χ1v) is 8.42. The van der Waals surface area contributed by atoms with Crippen LogP contribution in [-0.4, -0.2) is 23.3 Å². The number of nitrogens with zero attached hydrogens (tertiary/aromatic N) is 1. The number of hydrogen-bond donors (Lipinski definition) is 1. The quantitative estimate of drug-likeness (QED) is 0.877. The van der Waals surface area contributed by atoms with E-state index in [1.54, 1.807) is 30.3 Å². The van der Waals surface area contributed by atoms with Crippen LogP contribution >= 0.6 is 23.2 Å². The summed E-state index contributed by atoms with van der Waals surface area (Å²) in [6.07, 6.45) is 1.54. The Bertz CT molecular complexity index is 775. The van der Waals surface area contributed by atoms with Crippen molar-refractivity contribution < 1.29 is 9.59 Å². The average Bonchev–Trinajstić information content (AvgIpc) is 2.97. The van der Waals surface area contributed by atoms with Crippen LogP contribution in [-0.2, 0) is 11.3 Å². The number of rotatable bonds is 4. The van der Waals surface area contributed by atoms with Gasteiger partial charge in [-0.05, 0) is 36.2 Å². The molecular formula is C18H16Cl2N2O2. The Morgan fingerprint density at radius 1 is 1.12 bits per heavy atom. The summed E-state index contributed by atoms with van der Waals surface area (Å²) in [7, 11) is 0. The van der Waals surface area contributed by atoms with Crippen LogP contribution in [0.5, 0.6) is 0 Å². The van der Waals surface area contributed by atoms with Gasteiger partial charge in [-0.1, -0.05) is 41.4 Å². The van der Waals surface area contributed by atoms with E-state index >= 15 is 0 Å². The van der Waals surface area contributed by atoms with Gasteiger partial charge in [-0.25, -0.2) is 0 Å². The molecule has 1 aliphatic rings. The lowest BCUT2D eigenvalue weighted by molar-refractivity contribution is -0.128. The van der Waals surface area contributed by atoms with Gasteiger partial charge in [-0.3, -0.25) is 9.59 Å². The zero-order valence-corrected chi connectivity index (χ0v) is 14.4. The van der Waals surface area contributed by atoms with Crippen LogP contribution in [0.25, 0.3) is 0 Å². The van der Waals surface area contributed by atoms with Crippen molar-refractivity contribution in [3.8, 4) is 0 Å². The SMILES string of the molecule is O=C(Nc1cccc(Cl)c1Cl)c1ccc(CN2CCCC2=O)cc1. The summed E-state index contributed by atoms with van der Waals surface area (Å²) in [6, 6.07) is 12.3. The third-order valence-corrected chi connectivity index (χ3v) is 4.78. The maximum atomic E-state index is 12.3. The van der Waals surface area contributed by atoms with Gasteiger partial charge in [0.1, 0.15) is 0 Å². The lowest BCUT2D eigenvalue weighted by Gasteiger charge is -2.15. The van der Waals surface area contributed by atoms with E-state index in [1.165, 1.54) is 0 Å². The molecule has 0 spiro atoms. The van der Waals surface area contributed by atoms with E-state index in [9.17, 15) is 9.59 Å². The molecule has 6 heteroatoms. The van der Waals surface area contributed by atoms with Crippen molar-refractivity contribution in [3.05, 3.63) is 63.6 Å². The van der Waals surface area contributed by atoms with Gasteiger partial charge < -0.3 is 10.2 Å². The Balaban J connectivity index is 1.67. The van der Waals surface area contributed by atoms with Crippen molar-refractivity contribution in [1.82, 2.24) is 4.90 Å². The Morgan fingerprint density at radius 3 is 2.54 bits per heavy atom. The molecule has 24 heavy (non-hydrogen) atoms. The first-order chi connectivity index (χ1) is 11.5. The maximum absolute atomic E-state index is 12.3. The fourth-order valence-corrected chi connectivity index (χ4v) is 3.00. The number of hydrogen-bond acceptors (Lipinski definition) is 2. The fourth-order valence-electron chi connectivity index (χ4n) is 2.65. The topological polar surface area (TPSA) is 49.4 Å². The molecule has 124 valence electrons. The lowest BCUT2D eigenvalue weighted by atomic mass is 10.1. The smallest absolute Gasteiger partial charge is 0.255 e. The third kappa shape index (κ3) is 3.71. The molecule has 2 aromatic carbocycles. The molecule has 1 fully saturated rings. The van der Waals surface area contributed by atoms with E-state index in [1.807, 2.05) is 17.0 Å². The molecule has 0 radical (unpaired) electrons. The fraction of sp³-hybridized carbons (Fsp3) is 0.222. The minimum Gasteiger partial charge on any atom is -0.338 e. The molecule has 4 nitrogen and oxygen atoms in total. The van der Waals surface area contributed by atoms with E-state index in [-0.39, 0.29) is 11.8 Å². The predicted octanol–water partition coefficient (Wildman–Crippen LogP) is 4.37. The highest BCUT2D eigenvalue weighted by atomic mass is 35.5. The zero-order valence-electron chi connectivity index (χ0n) is 12.9. The van der Waals surface area contributed by atoms with Crippen LogP contribution in [0.1, 0.15) is 28.8 Å². The van der Waals surface area contributed by atoms with E-state index in [4.69, 9.17) is 23.2 Å². The van der Waals surface area contributed by atoms with Crippen molar-refractivity contribution in [2.45, 2.75) is 19.4 Å². The van der Waals surface area contributed by atoms with Crippen molar-refractivity contribution in [1.29, 1.82) is 0 Å². The minimum atomic E-state index is -0.261. The summed E-state index contributed by atoms with van der Waals surface area (Å²) in [4.78, 5) is 25.8. The van der Waals surface area contributed by atoms with Gasteiger partial charge in [0.2, 0.25) is 5.91 Å². The van der Waals surface area contributed by atoms with Gasteiger partial charge in [0.25, 0.3) is 5.91 Å². The van der Waals surface area contributed by atoms with Crippen molar-refractivity contribution in [2.75, 3.05) is 11.9 Å². The molecular weight excluding hydrogens is 347 g/mol. The van der Waals surface area contributed by atoms with E-state index in [0.717, 1.165) is 18.5 Å². The summed E-state index contributed by atoms with van der Waals surface area (Å²) in [6.45, 7) is 1.38. The Kier molecular flexibility index (Phi) is 5.07. The molecule has 0 unspecified atom stereocenters. The summed E-state index contributed by atoms with van der Waals surface area (Å²) < 4.78 is 0. The number of halogens is 2. The normalized spacial score (nSPS) is 14.1. The number of anilines is 1. The average molecular weight is 363 g/mol. The van der Waals surface area contributed by atoms with Crippen molar-refractivity contribution in [2.24, 2.45) is 0 Å². The van der Waals surface area contributed by atoms with E-state index in [0.29, 0.717) is 34.3 Å². The molecule has 1 heterocycles. The molecule has 0 bridgehead atoms. The molecule has 1 N–H and O–H groups in total. The summed E-state index contributed by atoms with van der Waals surface area (Å²) >= 11 is 12.0. The molecule has 1 aliphatic heterocycles. The summed E-state index contributed by atoms with van der Waals surface area (Å²) in [5.74, 6) is -0.0737. The molecule has 0 aliphatic carbocycles. The molecule has 1 saturated heterocycles. The zero-order chi connectivity index (χ0) is 17.1. The van der Waals surface area contributed by atoms with Gasteiger partial charge in [0, 0.05) is 25.1 Å². The Hall–Kier alpha value is -2.04. The molecule has 0 saturated carbocycles. The van der Waals surface area contributed by atoms with Gasteiger partial charge >= 0.3 is 0 Å². The first-order valence-electron chi connectivity index (χ1n) is 7.66. The highest BCUT2D eigenvalue weighted by Crippen LogP contribution is 2.29. The molecule has 2 amide bonds. The minimum absolute atomic E-state index is 0.187. The van der Waals surface area contributed by atoms with E-state index in [2.05, 4.69) is 5.32 Å². The van der Waals surface area contributed by atoms with Crippen LogP contribution in [0.3, 0.4) is 0 Å². The molecule has 0 atom stereocenters. The van der Waals surface area contributed by atoms with Crippen LogP contribution in [0.2, 0.25) is 10.0 Å². The van der Waals surface area contributed by atoms with Crippen molar-refractivity contribution in [3.63, 3.8) is 0 Å². The van der Waals surface area contributed by atoms with Crippen LogP contribution in [0.15, 0.2) is 42.5 Å². The lowest BCUT2D eigenvalue weighted by Crippen LogP contribution is -2.23. The molecule has 2 aromatic rings. The highest BCUT2D eigenvalue weighted by molar-refractivity contribution is 6.44. The second-order valence-corrected chi connectivity index (χ2v) is 6.46. The second kappa shape index (κ2) is 7.24. The van der Waals surface area contributed by atoms with Gasteiger partial charge in [0.05, 0.1) is 15.7 Å². The maximum Gasteiger partial charge on any atom is 0.255 e. The largest absolute Gasteiger partial charge is 0.338 e. The van der Waals surface area contributed by atoms with Crippen LogP contribution in [0.4, 0.5) is 5.69 Å². The number of likely N-dealkylation sites (tertiary alicyclic amines) is 1. The number of carbonyl (C=O) groups is 2. The van der Waals surface area contributed by atoms with Gasteiger partial charge in [-0.15, -0.1) is 0 Å².